The predicted octanol–water partition coefficient (Wildman–Crippen LogP) is 5.47. The van der Waals surface area contributed by atoms with E-state index in [9.17, 15) is 13.6 Å². The van der Waals surface area contributed by atoms with E-state index in [2.05, 4.69) is 29.1 Å². The lowest BCUT2D eigenvalue weighted by Crippen LogP contribution is -2.32. The molecule has 4 nitrogen and oxygen atoms in total. The van der Waals surface area contributed by atoms with Gasteiger partial charge < -0.3 is 10.3 Å². The van der Waals surface area contributed by atoms with Crippen LogP contribution < -0.4 is 5.32 Å². The highest BCUT2D eigenvalue weighted by atomic mass is 32.1. The fraction of sp³-hybridized carbons (Fsp3) is 0.368. The minimum absolute atomic E-state index is 0.0633. The summed E-state index contributed by atoms with van der Waals surface area (Å²) in [5.41, 5.74) is 1.28. The van der Waals surface area contributed by atoms with Crippen molar-refractivity contribution in [1.82, 2.24) is 15.3 Å². The average molecular weight is 377 g/mol. The number of hydrogen-bond donors (Lipinski definition) is 2. The van der Waals surface area contributed by atoms with Gasteiger partial charge in [-0.15, -0.1) is 11.3 Å². The summed E-state index contributed by atoms with van der Waals surface area (Å²) in [7, 11) is 0. The van der Waals surface area contributed by atoms with Crippen LogP contribution in [-0.2, 0) is 0 Å². The van der Waals surface area contributed by atoms with Crippen molar-refractivity contribution < 1.29 is 13.6 Å². The molecule has 0 aliphatic carbocycles. The van der Waals surface area contributed by atoms with Gasteiger partial charge in [0.1, 0.15) is 0 Å². The van der Waals surface area contributed by atoms with Gasteiger partial charge in [0.2, 0.25) is 0 Å². The first kappa shape index (κ1) is 18.5. The maximum absolute atomic E-state index is 12.8. The first-order valence-corrected chi connectivity index (χ1v) is 9.53. The summed E-state index contributed by atoms with van der Waals surface area (Å²) >= 11 is 1.62. The molecule has 0 radical (unpaired) electrons. The highest BCUT2D eigenvalue weighted by Crippen LogP contribution is 2.31. The molecule has 3 rings (SSSR count). The molecule has 1 aromatic carbocycles. The normalized spacial score (nSPS) is 12.8. The van der Waals surface area contributed by atoms with E-state index in [4.69, 9.17) is 0 Å². The standard InChI is InChI=1S/C19H21F2N3OS/c1-3-11(4-2)16(15-6-5-9-26-15)24-19(25)12-7-8-13-14(10-12)23-18(22-13)17(20)21/h5-11,16-17H,3-4H2,1-2H3,(H,22,23)(H,24,25). The number of aromatic nitrogens is 2. The molecule has 0 fully saturated rings. The molecule has 2 N–H and O–H groups in total. The number of benzene rings is 1. The molecular formula is C19H21F2N3OS. The summed E-state index contributed by atoms with van der Waals surface area (Å²) in [6.07, 6.45) is -0.759. The van der Waals surface area contributed by atoms with Gasteiger partial charge in [-0.25, -0.2) is 13.8 Å². The van der Waals surface area contributed by atoms with Crippen molar-refractivity contribution in [1.29, 1.82) is 0 Å². The van der Waals surface area contributed by atoms with E-state index in [1.54, 1.807) is 29.5 Å². The van der Waals surface area contributed by atoms with Crippen LogP contribution in [0.25, 0.3) is 11.0 Å². The van der Waals surface area contributed by atoms with Gasteiger partial charge >= 0.3 is 0 Å². The molecule has 0 saturated carbocycles. The molecule has 1 amide bonds. The van der Waals surface area contributed by atoms with E-state index in [-0.39, 0.29) is 17.8 Å². The van der Waals surface area contributed by atoms with Crippen molar-refractivity contribution in [2.24, 2.45) is 5.92 Å². The second-order valence-electron chi connectivity index (χ2n) is 6.20. The largest absolute Gasteiger partial charge is 0.344 e. The number of carbonyl (C=O) groups is 1. The monoisotopic (exact) mass is 377 g/mol. The Bertz CT molecular complexity index is 872. The number of halogens is 2. The van der Waals surface area contributed by atoms with Crippen LogP contribution in [0.3, 0.4) is 0 Å². The quantitative estimate of drug-likeness (QED) is 0.574. The van der Waals surface area contributed by atoms with Crippen LogP contribution >= 0.6 is 11.3 Å². The van der Waals surface area contributed by atoms with Crippen molar-refractivity contribution in [2.45, 2.75) is 39.2 Å². The van der Waals surface area contributed by atoms with Gasteiger partial charge in [-0.05, 0) is 35.6 Å². The molecule has 7 heteroatoms. The third-order valence-corrected chi connectivity index (χ3v) is 5.58. The fourth-order valence-corrected chi connectivity index (χ4v) is 4.02. The number of aromatic amines is 1. The van der Waals surface area contributed by atoms with Crippen molar-refractivity contribution in [2.75, 3.05) is 0 Å². The number of alkyl halides is 2. The number of hydrogen-bond acceptors (Lipinski definition) is 3. The zero-order valence-electron chi connectivity index (χ0n) is 14.6. The molecule has 26 heavy (non-hydrogen) atoms. The molecule has 0 bridgehead atoms. The molecule has 1 atom stereocenters. The summed E-state index contributed by atoms with van der Waals surface area (Å²) in [6.45, 7) is 4.23. The summed E-state index contributed by atoms with van der Waals surface area (Å²) in [6, 6.07) is 8.72. The van der Waals surface area contributed by atoms with Crippen LogP contribution in [0.5, 0.6) is 0 Å². The van der Waals surface area contributed by atoms with Gasteiger partial charge in [0.25, 0.3) is 12.3 Å². The van der Waals surface area contributed by atoms with E-state index in [1.165, 1.54) is 0 Å². The molecule has 0 aliphatic rings. The second-order valence-corrected chi connectivity index (χ2v) is 7.18. The number of nitrogens with zero attached hydrogens (tertiary/aromatic N) is 1. The van der Waals surface area contributed by atoms with E-state index < -0.39 is 6.43 Å². The topological polar surface area (TPSA) is 57.8 Å². The third kappa shape index (κ3) is 3.77. The predicted molar refractivity (Wildman–Crippen MR) is 99.6 cm³/mol. The zero-order chi connectivity index (χ0) is 18.7. The Morgan fingerprint density at radius 2 is 2.04 bits per heavy atom. The van der Waals surface area contributed by atoms with Gasteiger partial charge in [-0.2, -0.15) is 0 Å². The Morgan fingerprint density at radius 3 is 2.65 bits per heavy atom. The third-order valence-electron chi connectivity index (χ3n) is 4.63. The number of rotatable bonds is 7. The van der Waals surface area contributed by atoms with Crippen molar-refractivity contribution in [3.63, 3.8) is 0 Å². The van der Waals surface area contributed by atoms with E-state index >= 15 is 0 Å². The molecule has 2 heterocycles. The second kappa shape index (κ2) is 7.95. The van der Waals surface area contributed by atoms with Gasteiger partial charge in [0.15, 0.2) is 5.82 Å². The smallest absolute Gasteiger partial charge is 0.295 e. The number of carbonyl (C=O) groups excluding carboxylic acids is 1. The van der Waals surface area contributed by atoms with Crippen LogP contribution in [-0.4, -0.2) is 15.9 Å². The molecule has 138 valence electrons. The number of amides is 1. The van der Waals surface area contributed by atoms with Crippen LogP contribution in [0.2, 0.25) is 0 Å². The van der Waals surface area contributed by atoms with Crippen LogP contribution in [0, 0.1) is 5.92 Å². The number of thiophene rings is 1. The maximum Gasteiger partial charge on any atom is 0.295 e. The lowest BCUT2D eigenvalue weighted by Gasteiger charge is -2.25. The Balaban J connectivity index is 1.86. The maximum atomic E-state index is 12.8. The SMILES string of the molecule is CCC(CC)C(NC(=O)c1ccc2nc(C(F)F)[nH]c2c1)c1cccs1. The van der Waals surface area contributed by atoms with Crippen molar-refractivity contribution in [3.8, 4) is 0 Å². The Hall–Kier alpha value is -2.28. The van der Waals surface area contributed by atoms with Gasteiger partial charge in [-0.3, -0.25) is 4.79 Å². The molecular weight excluding hydrogens is 356 g/mol. The van der Waals surface area contributed by atoms with E-state index in [1.807, 2.05) is 17.5 Å². The van der Waals surface area contributed by atoms with Crippen LogP contribution in [0.1, 0.15) is 60.2 Å². The molecule has 2 aromatic heterocycles. The lowest BCUT2D eigenvalue weighted by molar-refractivity contribution is 0.0920. The summed E-state index contributed by atoms with van der Waals surface area (Å²) in [4.78, 5) is 20.3. The molecule has 0 spiro atoms. The highest BCUT2D eigenvalue weighted by Gasteiger charge is 2.24. The Labute approximate surface area is 154 Å². The molecule has 3 aromatic rings. The average Bonchev–Trinajstić information content (AvgIpc) is 3.30. The molecule has 0 saturated heterocycles. The van der Waals surface area contributed by atoms with Crippen molar-refractivity contribution >= 4 is 28.3 Å². The first-order valence-electron chi connectivity index (χ1n) is 8.65. The summed E-state index contributed by atoms with van der Waals surface area (Å²) < 4.78 is 25.6. The fourth-order valence-electron chi connectivity index (χ4n) is 3.15. The minimum Gasteiger partial charge on any atom is -0.344 e. The van der Waals surface area contributed by atoms with Crippen LogP contribution in [0.4, 0.5) is 8.78 Å². The first-order chi connectivity index (χ1) is 12.5. The number of nitrogens with one attached hydrogen (secondary N) is 2. The summed E-state index contributed by atoms with van der Waals surface area (Å²) in [5, 5.41) is 5.12. The van der Waals surface area contributed by atoms with Gasteiger partial charge in [0.05, 0.1) is 17.1 Å². The summed E-state index contributed by atoms with van der Waals surface area (Å²) in [5.74, 6) is -0.268. The Morgan fingerprint density at radius 1 is 1.27 bits per heavy atom. The van der Waals surface area contributed by atoms with Gasteiger partial charge in [0, 0.05) is 10.4 Å². The number of imidazole rings is 1. The van der Waals surface area contributed by atoms with E-state index in [0.717, 1.165) is 17.7 Å². The van der Waals surface area contributed by atoms with E-state index in [0.29, 0.717) is 22.5 Å². The number of fused-ring (bicyclic) bond motifs is 1. The van der Waals surface area contributed by atoms with Crippen LogP contribution in [0.15, 0.2) is 35.7 Å². The van der Waals surface area contributed by atoms with Gasteiger partial charge in [-0.1, -0.05) is 32.8 Å². The minimum atomic E-state index is -2.67. The Kier molecular flexibility index (Phi) is 5.66. The lowest BCUT2D eigenvalue weighted by atomic mass is 9.92. The number of H-pyrrole nitrogens is 1. The van der Waals surface area contributed by atoms with Crippen molar-refractivity contribution in [3.05, 3.63) is 52.0 Å². The highest BCUT2D eigenvalue weighted by molar-refractivity contribution is 7.10. The molecule has 0 aliphatic heterocycles. The zero-order valence-corrected chi connectivity index (χ0v) is 15.4. The molecule has 1 unspecified atom stereocenters.